The summed E-state index contributed by atoms with van der Waals surface area (Å²) in [6, 6.07) is 3.48. The quantitative estimate of drug-likeness (QED) is 0.592. The summed E-state index contributed by atoms with van der Waals surface area (Å²) in [5.74, 6) is 0.786. The third-order valence-electron chi connectivity index (χ3n) is 6.75. The number of nitrogens with zero attached hydrogens (tertiary/aromatic N) is 6. The van der Waals surface area contributed by atoms with Crippen molar-refractivity contribution in [1.29, 1.82) is 5.26 Å². The molecule has 2 N–H and O–H groups in total. The van der Waals surface area contributed by atoms with E-state index in [1.807, 2.05) is 13.8 Å². The number of hydrogen-bond donors (Lipinski definition) is 1. The topological polar surface area (TPSA) is 106 Å². The van der Waals surface area contributed by atoms with Crippen molar-refractivity contribution >= 4 is 16.9 Å². The van der Waals surface area contributed by atoms with Gasteiger partial charge < -0.3 is 10.5 Å². The van der Waals surface area contributed by atoms with Crippen LogP contribution in [0.3, 0.4) is 0 Å². The van der Waals surface area contributed by atoms with E-state index in [0.717, 1.165) is 24.2 Å². The number of rotatable bonds is 5. The van der Waals surface area contributed by atoms with Gasteiger partial charge in [0.2, 0.25) is 0 Å². The lowest BCUT2D eigenvalue weighted by Gasteiger charge is -2.48. The summed E-state index contributed by atoms with van der Waals surface area (Å²) in [6.07, 6.45) is -1.61. The molecule has 2 aromatic heterocycles. The molecular formula is C24H29F2N7O. The lowest BCUT2D eigenvalue weighted by molar-refractivity contribution is 0.0459. The van der Waals surface area contributed by atoms with Gasteiger partial charge in [0.25, 0.3) is 6.43 Å². The molecule has 10 heteroatoms. The lowest BCUT2D eigenvalue weighted by Crippen LogP contribution is -2.54. The fourth-order valence-corrected chi connectivity index (χ4v) is 4.73. The standard InChI is InChI=1S/C24H29F2N7O/c1-12-14(8-27)7-16(20(34-6)17(12)15-9-32(10-15)24(3,4)5)13(2)33-23-18(19(31-33)21(25)26)22(28)29-11-30-23/h7,11,13,15,21H,9-10H2,1-6H3,(H2,28,29,30). The Morgan fingerprint density at radius 2 is 1.94 bits per heavy atom. The van der Waals surface area contributed by atoms with Gasteiger partial charge in [-0.25, -0.2) is 23.4 Å². The molecule has 180 valence electrons. The average molecular weight is 470 g/mol. The highest BCUT2D eigenvalue weighted by atomic mass is 19.3. The van der Waals surface area contributed by atoms with E-state index in [4.69, 9.17) is 10.5 Å². The van der Waals surface area contributed by atoms with Crippen molar-refractivity contribution in [3.8, 4) is 11.8 Å². The van der Waals surface area contributed by atoms with E-state index >= 15 is 0 Å². The number of nitriles is 1. The predicted octanol–water partition coefficient (Wildman–Crippen LogP) is 4.34. The fraction of sp³-hybridized carbons (Fsp3) is 0.500. The second kappa shape index (κ2) is 8.47. The van der Waals surface area contributed by atoms with Crippen molar-refractivity contribution in [2.75, 3.05) is 25.9 Å². The molecule has 1 fully saturated rings. The summed E-state index contributed by atoms with van der Waals surface area (Å²) in [5.41, 5.74) is 8.73. The van der Waals surface area contributed by atoms with E-state index in [2.05, 4.69) is 46.8 Å². The summed E-state index contributed by atoms with van der Waals surface area (Å²) < 4.78 is 34.8. The Hall–Kier alpha value is -3.32. The van der Waals surface area contributed by atoms with Gasteiger partial charge in [-0.3, -0.25) is 4.90 Å². The maximum atomic E-state index is 13.8. The SMILES string of the molecule is COc1c(C(C)n2nc(C(F)F)c3c(N)ncnc32)cc(C#N)c(C)c1C1CN(C(C)(C)C)C1. The van der Waals surface area contributed by atoms with Gasteiger partial charge in [-0.15, -0.1) is 0 Å². The molecule has 3 aromatic rings. The van der Waals surface area contributed by atoms with Crippen LogP contribution in [-0.2, 0) is 0 Å². The Balaban J connectivity index is 1.88. The number of halogens is 2. The maximum Gasteiger partial charge on any atom is 0.282 e. The van der Waals surface area contributed by atoms with Gasteiger partial charge in [-0.2, -0.15) is 10.4 Å². The monoisotopic (exact) mass is 469 g/mol. The summed E-state index contributed by atoms with van der Waals surface area (Å²) >= 11 is 0. The zero-order valence-corrected chi connectivity index (χ0v) is 20.2. The first-order valence-electron chi connectivity index (χ1n) is 11.1. The van der Waals surface area contributed by atoms with Crippen LogP contribution in [0.4, 0.5) is 14.6 Å². The Bertz CT molecular complexity index is 1280. The molecule has 1 atom stereocenters. The average Bonchev–Trinajstić information content (AvgIpc) is 3.13. The highest BCUT2D eigenvalue weighted by Gasteiger charge is 2.39. The van der Waals surface area contributed by atoms with E-state index in [0.29, 0.717) is 16.9 Å². The van der Waals surface area contributed by atoms with Crippen LogP contribution in [0.15, 0.2) is 12.4 Å². The molecule has 3 heterocycles. The number of ether oxygens (including phenoxy) is 1. The zero-order chi connectivity index (χ0) is 24.9. The minimum atomic E-state index is -2.84. The van der Waals surface area contributed by atoms with Gasteiger partial charge in [0.15, 0.2) is 5.65 Å². The number of likely N-dealkylation sites (tertiary alicyclic amines) is 1. The van der Waals surface area contributed by atoms with Crippen molar-refractivity contribution in [2.45, 2.75) is 58.5 Å². The summed E-state index contributed by atoms with van der Waals surface area (Å²) in [4.78, 5) is 10.4. The van der Waals surface area contributed by atoms with Crippen LogP contribution in [0.25, 0.3) is 11.0 Å². The van der Waals surface area contributed by atoms with Crippen molar-refractivity contribution in [1.82, 2.24) is 24.6 Å². The Labute approximate surface area is 197 Å². The van der Waals surface area contributed by atoms with Crippen LogP contribution in [0.1, 0.15) is 74.0 Å². The van der Waals surface area contributed by atoms with Crippen LogP contribution >= 0.6 is 0 Å². The van der Waals surface area contributed by atoms with Crippen molar-refractivity contribution in [2.24, 2.45) is 0 Å². The Morgan fingerprint density at radius 1 is 1.26 bits per heavy atom. The summed E-state index contributed by atoms with van der Waals surface area (Å²) in [6.45, 7) is 11.9. The lowest BCUT2D eigenvalue weighted by atomic mass is 9.81. The van der Waals surface area contributed by atoms with Gasteiger partial charge >= 0.3 is 0 Å². The molecule has 0 saturated carbocycles. The predicted molar refractivity (Wildman–Crippen MR) is 125 cm³/mol. The normalized spacial score (nSPS) is 16.0. The number of alkyl halides is 2. The first kappa shape index (κ1) is 23.8. The summed E-state index contributed by atoms with van der Waals surface area (Å²) in [5, 5.41) is 14.1. The van der Waals surface area contributed by atoms with E-state index in [1.54, 1.807) is 13.2 Å². The number of nitrogen functional groups attached to an aromatic ring is 1. The fourth-order valence-electron chi connectivity index (χ4n) is 4.73. The van der Waals surface area contributed by atoms with Crippen molar-refractivity contribution < 1.29 is 13.5 Å². The maximum absolute atomic E-state index is 13.8. The number of benzene rings is 1. The van der Waals surface area contributed by atoms with Crippen molar-refractivity contribution in [3.05, 3.63) is 40.3 Å². The number of methoxy groups -OCH3 is 1. The molecule has 1 unspecified atom stereocenters. The Kier molecular flexibility index (Phi) is 5.94. The van der Waals surface area contributed by atoms with Crippen LogP contribution in [0.5, 0.6) is 5.75 Å². The minimum absolute atomic E-state index is 0.0379. The van der Waals surface area contributed by atoms with Gasteiger partial charge in [-0.05, 0) is 46.2 Å². The van der Waals surface area contributed by atoms with E-state index in [9.17, 15) is 14.0 Å². The van der Waals surface area contributed by atoms with Crippen LogP contribution < -0.4 is 10.5 Å². The Morgan fingerprint density at radius 3 is 2.50 bits per heavy atom. The molecule has 34 heavy (non-hydrogen) atoms. The summed E-state index contributed by atoms with van der Waals surface area (Å²) in [7, 11) is 1.59. The number of fused-ring (bicyclic) bond motifs is 1. The molecule has 0 amide bonds. The molecule has 1 aliphatic heterocycles. The third-order valence-corrected chi connectivity index (χ3v) is 6.75. The van der Waals surface area contributed by atoms with E-state index < -0.39 is 18.2 Å². The minimum Gasteiger partial charge on any atom is -0.496 e. The molecule has 4 rings (SSSR count). The molecule has 8 nitrogen and oxygen atoms in total. The molecule has 0 spiro atoms. The second-order valence-electron chi connectivity index (χ2n) is 9.73. The van der Waals surface area contributed by atoms with Crippen molar-refractivity contribution in [3.63, 3.8) is 0 Å². The number of nitrogens with two attached hydrogens (primary N) is 1. The third kappa shape index (κ3) is 3.74. The first-order chi connectivity index (χ1) is 16.0. The highest BCUT2D eigenvalue weighted by Crippen LogP contribution is 2.44. The van der Waals surface area contributed by atoms with Crippen LogP contribution in [-0.4, -0.2) is 50.4 Å². The molecular weight excluding hydrogens is 440 g/mol. The number of anilines is 1. The van der Waals surface area contributed by atoms with E-state index in [1.165, 1.54) is 11.0 Å². The molecule has 1 aliphatic rings. The first-order valence-corrected chi connectivity index (χ1v) is 11.1. The van der Waals surface area contributed by atoms with E-state index in [-0.39, 0.29) is 28.3 Å². The highest BCUT2D eigenvalue weighted by molar-refractivity contribution is 5.88. The van der Waals surface area contributed by atoms with Gasteiger partial charge in [0.05, 0.1) is 30.2 Å². The molecule has 1 aromatic carbocycles. The number of hydrogen-bond acceptors (Lipinski definition) is 7. The molecule has 1 saturated heterocycles. The van der Waals surface area contributed by atoms with Crippen LogP contribution in [0.2, 0.25) is 0 Å². The van der Waals surface area contributed by atoms with Gasteiger partial charge in [-0.1, -0.05) is 0 Å². The zero-order valence-electron chi connectivity index (χ0n) is 20.2. The number of aromatic nitrogens is 4. The molecule has 0 bridgehead atoms. The van der Waals surface area contributed by atoms with Gasteiger partial charge in [0, 0.05) is 35.7 Å². The molecule has 0 aliphatic carbocycles. The largest absolute Gasteiger partial charge is 0.496 e. The molecule has 0 radical (unpaired) electrons. The van der Waals surface area contributed by atoms with Gasteiger partial charge in [0.1, 0.15) is 23.6 Å². The van der Waals surface area contributed by atoms with Crippen LogP contribution in [0, 0.1) is 18.3 Å². The smallest absolute Gasteiger partial charge is 0.282 e. The second-order valence-corrected chi connectivity index (χ2v) is 9.73.